The van der Waals surface area contributed by atoms with E-state index in [2.05, 4.69) is 10.1 Å². The molecule has 0 saturated heterocycles. The van der Waals surface area contributed by atoms with E-state index in [4.69, 9.17) is 10.8 Å². The molecule has 0 aliphatic rings. The highest BCUT2D eigenvalue weighted by Gasteiger charge is 2.07. The quantitative estimate of drug-likeness (QED) is 0.744. The molecule has 0 aromatic carbocycles. The van der Waals surface area contributed by atoms with Crippen molar-refractivity contribution in [3.63, 3.8) is 0 Å². The topological polar surface area (TPSA) is 94.0 Å². The molecule has 2 heterocycles. The molecule has 0 fully saturated rings. The zero-order valence-corrected chi connectivity index (χ0v) is 7.66. The molecule has 0 radical (unpaired) electrons. The number of nitrogens with two attached hydrogens (primary N) is 1. The van der Waals surface area contributed by atoms with Crippen LogP contribution < -0.4 is 5.73 Å². The van der Waals surface area contributed by atoms with Gasteiger partial charge in [0.25, 0.3) is 0 Å². The van der Waals surface area contributed by atoms with E-state index in [1.807, 2.05) is 0 Å². The van der Waals surface area contributed by atoms with Crippen LogP contribution in [0.2, 0.25) is 0 Å². The van der Waals surface area contributed by atoms with Gasteiger partial charge >= 0.3 is 5.97 Å². The smallest absolute Gasteiger partial charge is 0.338 e. The summed E-state index contributed by atoms with van der Waals surface area (Å²) in [6.07, 6.45) is 2.64. The summed E-state index contributed by atoms with van der Waals surface area (Å²) in [5, 5.41) is 12.6. The van der Waals surface area contributed by atoms with Crippen LogP contribution in [0.5, 0.6) is 0 Å². The number of nitrogen functional groups attached to an aromatic ring is 1. The van der Waals surface area contributed by atoms with Crippen LogP contribution in [0.3, 0.4) is 0 Å². The fourth-order valence-corrected chi connectivity index (χ4v) is 1.13. The van der Waals surface area contributed by atoms with Crippen molar-refractivity contribution in [3.05, 3.63) is 36.2 Å². The van der Waals surface area contributed by atoms with E-state index in [-0.39, 0.29) is 5.56 Å². The Bertz CT molecular complexity index is 506. The van der Waals surface area contributed by atoms with E-state index in [1.165, 1.54) is 17.1 Å². The number of pyridine rings is 1. The summed E-state index contributed by atoms with van der Waals surface area (Å²) in [5.41, 5.74) is 5.60. The van der Waals surface area contributed by atoms with Crippen LogP contribution in [0.4, 0.5) is 5.82 Å². The molecule has 6 heteroatoms. The van der Waals surface area contributed by atoms with Crippen molar-refractivity contribution < 1.29 is 9.90 Å². The number of hydrogen-bond acceptors (Lipinski definition) is 4. The first-order valence-corrected chi connectivity index (χ1v) is 4.17. The largest absolute Gasteiger partial charge is 0.478 e. The Morgan fingerprint density at radius 1 is 1.47 bits per heavy atom. The molecule has 0 aliphatic carbocycles. The van der Waals surface area contributed by atoms with Gasteiger partial charge in [0.05, 0.1) is 11.8 Å². The van der Waals surface area contributed by atoms with Crippen molar-refractivity contribution in [1.82, 2.24) is 14.8 Å². The predicted octanol–water partition coefficient (Wildman–Crippen LogP) is 0.548. The molecular weight excluding hydrogens is 196 g/mol. The highest BCUT2D eigenvalue weighted by atomic mass is 16.4. The lowest BCUT2D eigenvalue weighted by molar-refractivity contribution is 0.0697. The Labute approximate surface area is 85.0 Å². The van der Waals surface area contributed by atoms with Gasteiger partial charge in [0.2, 0.25) is 0 Å². The maximum absolute atomic E-state index is 10.6. The number of nitrogens with zero attached hydrogens (tertiary/aromatic N) is 3. The van der Waals surface area contributed by atoms with Gasteiger partial charge < -0.3 is 10.8 Å². The number of anilines is 1. The monoisotopic (exact) mass is 204 g/mol. The van der Waals surface area contributed by atoms with Crippen LogP contribution in [0.1, 0.15) is 10.4 Å². The fourth-order valence-electron chi connectivity index (χ4n) is 1.13. The summed E-state index contributed by atoms with van der Waals surface area (Å²) in [7, 11) is 0. The van der Waals surface area contributed by atoms with E-state index in [9.17, 15) is 4.79 Å². The van der Waals surface area contributed by atoms with Crippen LogP contribution in [0.15, 0.2) is 30.6 Å². The lowest BCUT2D eigenvalue weighted by Gasteiger charge is -1.99. The second-order valence-electron chi connectivity index (χ2n) is 2.90. The van der Waals surface area contributed by atoms with Gasteiger partial charge in [-0.25, -0.2) is 14.5 Å². The van der Waals surface area contributed by atoms with Gasteiger partial charge in [0, 0.05) is 6.20 Å². The maximum Gasteiger partial charge on any atom is 0.338 e. The normalized spacial score (nSPS) is 10.1. The zero-order chi connectivity index (χ0) is 10.8. The minimum Gasteiger partial charge on any atom is -0.478 e. The van der Waals surface area contributed by atoms with E-state index in [1.54, 1.807) is 18.2 Å². The zero-order valence-electron chi connectivity index (χ0n) is 7.66. The SMILES string of the molecule is Nc1cccc(-n2cc(C(=O)O)cn2)n1. The molecule has 0 aliphatic heterocycles. The van der Waals surface area contributed by atoms with Crippen molar-refractivity contribution >= 4 is 11.8 Å². The number of hydrogen-bond donors (Lipinski definition) is 2. The van der Waals surface area contributed by atoms with E-state index < -0.39 is 5.97 Å². The molecule has 0 atom stereocenters. The van der Waals surface area contributed by atoms with Crippen LogP contribution in [0.25, 0.3) is 5.82 Å². The van der Waals surface area contributed by atoms with Crippen LogP contribution in [-0.4, -0.2) is 25.8 Å². The number of carboxylic acids is 1. The first-order valence-electron chi connectivity index (χ1n) is 4.17. The summed E-state index contributed by atoms with van der Waals surface area (Å²) in [6.45, 7) is 0. The first-order chi connectivity index (χ1) is 7.16. The number of aromatic nitrogens is 3. The average Bonchev–Trinajstić information content (AvgIpc) is 2.66. The Balaban J connectivity index is 2.41. The van der Waals surface area contributed by atoms with Gasteiger partial charge in [-0.2, -0.15) is 5.10 Å². The average molecular weight is 204 g/mol. The van der Waals surface area contributed by atoms with Crippen molar-refractivity contribution in [3.8, 4) is 5.82 Å². The van der Waals surface area contributed by atoms with Gasteiger partial charge in [-0.1, -0.05) is 6.07 Å². The molecule has 6 nitrogen and oxygen atoms in total. The Morgan fingerprint density at radius 3 is 2.87 bits per heavy atom. The molecule has 0 saturated carbocycles. The molecule has 0 spiro atoms. The molecule has 2 rings (SSSR count). The Morgan fingerprint density at radius 2 is 2.27 bits per heavy atom. The summed E-state index contributed by atoms with van der Waals surface area (Å²) in [5.74, 6) is -0.174. The summed E-state index contributed by atoms with van der Waals surface area (Å²) < 4.78 is 1.36. The highest BCUT2D eigenvalue weighted by molar-refractivity contribution is 5.86. The minimum atomic E-state index is -1.02. The third kappa shape index (κ3) is 1.78. The van der Waals surface area contributed by atoms with Gasteiger partial charge in [0.15, 0.2) is 5.82 Å². The predicted molar refractivity (Wildman–Crippen MR) is 52.7 cm³/mol. The molecule has 0 bridgehead atoms. The van der Waals surface area contributed by atoms with Crippen molar-refractivity contribution in [1.29, 1.82) is 0 Å². The molecule has 0 amide bonds. The molecule has 2 aromatic heterocycles. The lowest BCUT2D eigenvalue weighted by Crippen LogP contribution is -2.00. The molecular formula is C9H8N4O2. The minimum absolute atomic E-state index is 0.110. The van der Waals surface area contributed by atoms with Crippen molar-refractivity contribution in [2.24, 2.45) is 0 Å². The van der Waals surface area contributed by atoms with Crippen LogP contribution in [0, 0.1) is 0 Å². The lowest BCUT2D eigenvalue weighted by atomic mass is 10.4. The third-order valence-electron chi connectivity index (χ3n) is 1.82. The summed E-state index contributed by atoms with van der Waals surface area (Å²) >= 11 is 0. The molecule has 3 N–H and O–H groups in total. The fraction of sp³-hybridized carbons (Fsp3) is 0. The van der Waals surface area contributed by atoms with Crippen LogP contribution >= 0.6 is 0 Å². The highest BCUT2D eigenvalue weighted by Crippen LogP contribution is 2.07. The van der Waals surface area contributed by atoms with Gasteiger partial charge in [0.1, 0.15) is 5.82 Å². The van der Waals surface area contributed by atoms with E-state index >= 15 is 0 Å². The number of carbonyl (C=O) groups is 1. The van der Waals surface area contributed by atoms with Gasteiger partial charge in [-0.05, 0) is 12.1 Å². The van der Waals surface area contributed by atoms with Crippen molar-refractivity contribution in [2.75, 3.05) is 5.73 Å². The summed E-state index contributed by atoms with van der Waals surface area (Å²) in [6, 6.07) is 5.06. The van der Waals surface area contributed by atoms with E-state index in [0.29, 0.717) is 11.6 Å². The number of aromatic carboxylic acids is 1. The van der Waals surface area contributed by atoms with Crippen molar-refractivity contribution in [2.45, 2.75) is 0 Å². The van der Waals surface area contributed by atoms with Gasteiger partial charge in [-0.15, -0.1) is 0 Å². The maximum atomic E-state index is 10.6. The Kier molecular flexibility index (Phi) is 2.09. The molecule has 76 valence electrons. The molecule has 2 aromatic rings. The third-order valence-corrected chi connectivity index (χ3v) is 1.82. The Hall–Kier alpha value is -2.37. The number of carboxylic acid groups (broad SMARTS) is 1. The van der Waals surface area contributed by atoms with E-state index in [0.717, 1.165) is 0 Å². The first kappa shape index (κ1) is 9.20. The molecule has 0 unspecified atom stereocenters. The molecule has 15 heavy (non-hydrogen) atoms. The van der Waals surface area contributed by atoms with Gasteiger partial charge in [-0.3, -0.25) is 0 Å². The summed E-state index contributed by atoms with van der Waals surface area (Å²) in [4.78, 5) is 14.6. The second kappa shape index (κ2) is 3.41. The second-order valence-corrected chi connectivity index (χ2v) is 2.90. The standard InChI is InChI=1S/C9H8N4O2/c10-7-2-1-3-8(12-7)13-5-6(4-11-13)9(14)15/h1-5H,(H2,10,12)(H,14,15). The number of rotatable bonds is 2. The van der Waals surface area contributed by atoms with Crippen LogP contribution in [-0.2, 0) is 0 Å².